The Labute approximate surface area is 216 Å². The Balaban J connectivity index is 2.84. The number of likely N-dealkylation sites (tertiary alicyclic amines) is 1. The molecule has 0 aromatic rings. The van der Waals surface area contributed by atoms with Crippen LogP contribution >= 0.6 is 37.9 Å². The standard InChI is InChI=1S/C20H35N5O6S3/c1-20(2,3)31-19(30)24-13(10-34)18(29)25-7-5-6-14(25)17(28)23-12(9-33)16(27)22-11(8-32)15(26)21-4/h11-14,32-34H,5-10H2,1-4H3,(H,21,26)(H,22,27)(H,23,28)(H,24,30)/t11-,12-,13-,14-/m0/s1. The fourth-order valence-electron chi connectivity index (χ4n) is 3.24. The lowest BCUT2D eigenvalue weighted by atomic mass is 10.1. The van der Waals surface area contributed by atoms with Gasteiger partial charge in [0, 0.05) is 30.9 Å². The summed E-state index contributed by atoms with van der Waals surface area (Å²) in [6.07, 6.45) is 0.203. The highest BCUT2D eigenvalue weighted by Crippen LogP contribution is 2.19. The maximum atomic E-state index is 13.1. The third-order valence-corrected chi connectivity index (χ3v) is 5.98. The van der Waals surface area contributed by atoms with Crippen molar-refractivity contribution < 1.29 is 28.7 Å². The number of nitrogens with zero attached hydrogens (tertiary/aromatic N) is 1. The SMILES string of the molecule is CNC(=O)[C@H](CS)NC(=O)[C@H](CS)NC(=O)[C@@H]1CCCN1C(=O)[C@H](CS)NC(=O)OC(C)(C)C. The third-order valence-electron chi connectivity index (χ3n) is 4.89. The molecule has 1 rings (SSSR count). The Morgan fingerprint density at radius 2 is 1.47 bits per heavy atom. The van der Waals surface area contributed by atoms with Crippen LogP contribution in [0.15, 0.2) is 0 Å². The fraction of sp³-hybridized carbons (Fsp3) is 0.750. The van der Waals surface area contributed by atoms with Gasteiger partial charge in [-0.15, -0.1) is 0 Å². The summed E-state index contributed by atoms with van der Waals surface area (Å²) in [5, 5.41) is 10.0. The molecule has 0 saturated carbocycles. The Bertz CT molecular complexity index is 763. The van der Waals surface area contributed by atoms with E-state index in [-0.39, 0.29) is 17.3 Å². The fourth-order valence-corrected chi connectivity index (χ4v) is 4.00. The lowest BCUT2D eigenvalue weighted by molar-refractivity contribution is -0.140. The van der Waals surface area contributed by atoms with E-state index in [1.807, 2.05) is 0 Å². The van der Waals surface area contributed by atoms with Crippen LogP contribution in [-0.4, -0.2) is 95.2 Å². The van der Waals surface area contributed by atoms with Gasteiger partial charge in [-0.2, -0.15) is 37.9 Å². The molecule has 0 aromatic carbocycles. The van der Waals surface area contributed by atoms with Gasteiger partial charge >= 0.3 is 6.09 Å². The normalized spacial score (nSPS) is 18.3. The summed E-state index contributed by atoms with van der Waals surface area (Å²) in [6, 6.07) is -3.72. The Morgan fingerprint density at radius 3 is 1.97 bits per heavy atom. The van der Waals surface area contributed by atoms with Crippen LogP contribution in [0.5, 0.6) is 0 Å². The minimum atomic E-state index is -1.03. The van der Waals surface area contributed by atoms with Crippen LogP contribution < -0.4 is 21.3 Å². The first-order chi connectivity index (χ1) is 15.9. The van der Waals surface area contributed by atoms with Crippen LogP contribution in [0.3, 0.4) is 0 Å². The van der Waals surface area contributed by atoms with Gasteiger partial charge in [0.15, 0.2) is 0 Å². The highest BCUT2D eigenvalue weighted by molar-refractivity contribution is 7.80. The number of ether oxygens (including phenoxy) is 1. The lowest BCUT2D eigenvalue weighted by Crippen LogP contribution is -2.58. The highest BCUT2D eigenvalue weighted by Gasteiger charge is 2.39. The van der Waals surface area contributed by atoms with Gasteiger partial charge in [0.1, 0.15) is 29.8 Å². The highest BCUT2D eigenvalue weighted by atomic mass is 32.1. The van der Waals surface area contributed by atoms with Gasteiger partial charge < -0.3 is 30.9 Å². The summed E-state index contributed by atoms with van der Waals surface area (Å²) in [5.41, 5.74) is -0.740. The molecule has 0 spiro atoms. The van der Waals surface area contributed by atoms with Gasteiger partial charge in [0.25, 0.3) is 0 Å². The Morgan fingerprint density at radius 1 is 0.912 bits per heavy atom. The van der Waals surface area contributed by atoms with E-state index in [2.05, 4.69) is 59.2 Å². The number of carbonyl (C=O) groups is 5. The molecule has 1 fully saturated rings. The zero-order valence-corrected chi connectivity index (χ0v) is 22.5. The zero-order valence-electron chi connectivity index (χ0n) is 19.8. The molecule has 1 heterocycles. The molecule has 1 aliphatic heterocycles. The van der Waals surface area contributed by atoms with Crippen molar-refractivity contribution in [1.82, 2.24) is 26.2 Å². The number of hydrogen-bond acceptors (Lipinski definition) is 9. The second-order valence-corrected chi connectivity index (χ2v) is 9.77. The van der Waals surface area contributed by atoms with Crippen molar-refractivity contribution in [2.24, 2.45) is 0 Å². The summed E-state index contributed by atoms with van der Waals surface area (Å²) >= 11 is 12.4. The van der Waals surface area contributed by atoms with Crippen LogP contribution in [-0.2, 0) is 23.9 Å². The number of amides is 5. The Hall–Kier alpha value is -1.80. The first-order valence-corrected chi connectivity index (χ1v) is 12.7. The molecule has 1 saturated heterocycles. The van der Waals surface area contributed by atoms with Gasteiger partial charge in [-0.05, 0) is 33.6 Å². The Kier molecular flexibility index (Phi) is 12.4. The quantitative estimate of drug-likeness (QED) is 0.185. The van der Waals surface area contributed by atoms with E-state index in [0.29, 0.717) is 19.4 Å². The van der Waals surface area contributed by atoms with Crippen LogP contribution in [0.1, 0.15) is 33.6 Å². The summed E-state index contributed by atoms with van der Waals surface area (Å²) in [7, 11) is 1.43. The molecule has 5 amide bonds. The predicted octanol–water partition coefficient (Wildman–Crippen LogP) is -0.624. The topological polar surface area (TPSA) is 146 Å². The van der Waals surface area contributed by atoms with Crippen molar-refractivity contribution in [2.75, 3.05) is 30.9 Å². The van der Waals surface area contributed by atoms with Crippen molar-refractivity contribution in [1.29, 1.82) is 0 Å². The maximum absolute atomic E-state index is 13.1. The van der Waals surface area contributed by atoms with E-state index >= 15 is 0 Å². The van der Waals surface area contributed by atoms with Crippen molar-refractivity contribution >= 4 is 67.6 Å². The zero-order chi connectivity index (χ0) is 26.1. The van der Waals surface area contributed by atoms with Gasteiger partial charge in [0.05, 0.1) is 0 Å². The summed E-state index contributed by atoms with van der Waals surface area (Å²) in [4.78, 5) is 63.9. The van der Waals surface area contributed by atoms with E-state index in [0.717, 1.165) is 0 Å². The molecule has 4 atom stereocenters. The minimum Gasteiger partial charge on any atom is -0.444 e. The van der Waals surface area contributed by atoms with Gasteiger partial charge in [0.2, 0.25) is 23.6 Å². The minimum absolute atomic E-state index is 0.00912. The number of alkyl carbamates (subject to hydrolysis) is 1. The maximum Gasteiger partial charge on any atom is 0.408 e. The molecular formula is C20H35N5O6S3. The molecule has 0 unspecified atom stereocenters. The largest absolute Gasteiger partial charge is 0.444 e. The van der Waals surface area contributed by atoms with Gasteiger partial charge in [-0.3, -0.25) is 19.2 Å². The molecular weight excluding hydrogens is 502 g/mol. The number of rotatable bonds is 10. The number of likely N-dealkylation sites (N-methyl/N-ethyl adjacent to an activating group) is 1. The number of carbonyl (C=O) groups excluding carboxylic acids is 5. The molecule has 194 valence electrons. The molecule has 1 aliphatic rings. The number of thiol groups is 3. The average Bonchev–Trinajstić information content (AvgIpc) is 3.26. The van der Waals surface area contributed by atoms with Crippen LogP contribution in [0, 0.1) is 0 Å². The number of nitrogens with one attached hydrogen (secondary N) is 4. The van der Waals surface area contributed by atoms with Crippen molar-refractivity contribution in [3.63, 3.8) is 0 Å². The number of hydrogen-bond donors (Lipinski definition) is 7. The molecule has 11 nitrogen and oxygen atoms in total. The smallest absolute Gasteiger partial charge is 0.408 e. The van der Waals surface area contributed by atoms with Crippen molar-refractivity contribution in [3.8, 4) is 0 Å². The molecule has 34 heavy (non-hydrogen) atoms. The van der Waals surface area contributed by atoms with Gasteiger partial charge in [-0.25, -0.2) is 4.79 Å². The second kappa shape index (κ2) is 13.9. The van der Waals surface area contributed by atoms with Crippen LogP contribution in [0.4, 0.5) is 4.79 Å². The van der Waals surface area contributed by atoms with E-state index in [9.17, 15) is 24.0 Å². The molecule has 4 N–H and O–H groups in total. The molecule has 0 aromatic heterocycles. The van der Waals surface area contributed by atoms with E-state index in [1.165, 1.54) is 11.9 Å². The molecule has 0 aliphatic carbocycles. The summed E-state index contributed by atoms with van der Waals surface area (Å²) in [5.74, 6) is -1.96. The monoisotopic (exact) mass is 537 g/mol. The molecule has 0 radical (unpaired) electrons. The molecule has 0 bridgehead atoms. The summed E-state index contributed by atoms with van der Waals surface area (Å²) < 4.78 is 5.20. The second-order valence-electron chi connectivity index (χ2n) is 8.67. The van der Waals surface area contributed by atoms with Crippen LogP contribution in [0.2, 0.25) is 0 Å². The predicted molar refractivity (Wildman–Crippen MR) is 137 cm³/mol. The van der Waals surface area contributed by atoms with Crippen molar-refractivity contribution in [2.45, 2.75) is 63.4 Å². The average molecular weight is 538 g/mol. The lowest BCUT2D eigenvalue weighted by Gasteiger charge is -2.30. The third kappa shape index (κ3) is 9.10. The van der Waals surface area contributed by atoms with E-state index in [1.54, 1.807) is 20.8 Å². The first kappa shape index (κ1) is 30.2. The van der Waals surface area contributed by atoms with Crippen LogP contribution in [0.25, 0.3) is 0 Å². The van der Waals surface area contributed by atoms with Gasteiger partial charge in [-0.1, -0.05) is 0 Å². The molecule has 14 heteroatoms. The van der Waals surface area contributed by atoms with E-state index < -0.39 is 59.5 Å². The van der Waals surface area contributed by atoms with E-state index in [4.69, 9.17) is 4.74 Å². The first-order valence-electron chi connectivity index (χ1n) is 10.8. The van der Waals surface area contributed by atoms with Crippen molar-refractivity contribution in [3.05, 3.63) is 0 Å². The summed E-state index contributed by atoms with van der Waals surface area (Å²) in [6.45, 7) is 5.41.